The van der Waals surface area contributed by atoms with Crippen molar-refractivity contribution in [2.45, 2.75) is 82.5 Å². The molecule has 4 N–H and O–H groups in total. The van der Waals surface area contributed by atoms with Gasteiger partial charge in [-0.3, -0.25) is 19.2 Å². The number of esters is 5. The van der Waals surface area contributed by atoms with Gasteiger partial charge < -0.3 is 58.3 Å². The molecule has 3 rings (SSSR count). The first-order valence-electron chi connectivity index (χ1n) is 13.9. The van der Waals surface area contributed by atoms with E-state index in [9.17, 15) is 44.4 Å². The molecule has 0 amide bonds. The van der Waals surface area contributed by atoms with Crippen molar-refractivity contribution in [3.05, 3.63) is 35.9 Å². The van der Waals surface area contributed by atoms with Crippen LogP contribution in [0.4, 0.5) is 0 Å². The summed E-state index contributed by atoms with van der Waals surface area (Å²) < 4.78 is 43.3. The lowest BCUT2D eigenvalue weighted by Crippen LogP contribution is -2.64. The molecule has 0 saturated carbocycles. The van der Waals surface area contributed by atoms with E-state index in [-0.39, 0.29) is 5.75 Å². The molecule has 17 heteroatoms. The van der Waals surface area contributed by atoms with Gasteiger partial charge in [0.2, 0.25) is 12.1 Å². The lowest BCUT2D eigenvalue weighted by molar-refractivity contribution is -0.384. The highest BCUT2D eigenvalue weighted by Gasteiger charge is 2.62. The molecule has 0 radical (unpaired) electrons. The van der Waals surface area contributed by atoms with Gasteiger partial charge in [-0.25, -0.2) is 4.79 Å². The van der Waals surface area contributed by atoms with Crippen LogP contribution in [0.5, 0.6) is 5.75 Å². The maximum Gasteiger partial charge on any atom is 0.331 e. The normalized spacial score (nSPS) is 30.8. The lowest BCUT2D eigenvalue weighted by atomic mass is 9.98. The summed E-state index contributed by atoms with van der Waals surface area (Å²) in [5, 5.41) is 42.2. The highest BCUT2D eigenvalue weighted by atomic mass is 16.8. The Morgan fingerprint density at radius 3 is 1.93 bits per heavy atom. The molecule has 254 valence electrons. The van der Waals surface area contributed by atoms with Crippen LogP contribution >= 0.6 is 0 Å². The topological polar surface area (TPSA) is 240 Å². The van der Waals surface area contributed by atoms with Crippen LogP contribution in [0.25, 0.3) is 6.08 Å². The maximum absolute atomic E-state index is 13.0. The van der Waals surface area contributed by atoms with E-state index in [1.807, 2.05) is 0 Å². The van der Waals surface area contributed by atoms with Crippen LogP contribution in [0.15, 0.2) is 30.3 Å². The Hall–Kier alpha value is -4.13. The molecule has 0 bridgehead atoms. The fourth-order valence-corrected chi connectivity index (χ4v) is 4.55. The Balaban J connectivity index is 2.02. The molecule has 2 fully saturated rings. The van der Waals surface area contributed by atoms with E-state index in [4.69, 9.17) is 37.9 Å². The summed E-state index contributed by atoms with van der Waals surface area (Å²) in [6, 6.07) is 5.75. The SMILES string of the molecule is CC(=O)OC[C@H]1O[C@@](COC(C)=O)(O[C@H]2O[C@H](COC(C)=O)[C@@H](O)[C@H](O)[C@H]2OC(C)=O)[C@@H](OC(=O)/C=C/c2ccc(O)cc2)[C@@H]1O. The van der Waals surface area contributed by atoms with Crippen molar-refractivity contribution < 1.29 is 82.3 Å². The fraction of sp³-hybridized carbons (Fsp3) is 0.552. The van der Waals surface area contributed by atoms with Crippen LogP contribution in [0.2, 0.25) is 0 Å². The largest absolute Gasteiger partial charge is 0.508 e. The summed E-state index contributed by atoms with van der Waals surface area (Å²) in [4.78, 5) is 59.8. The molecule has 0 aromatic heterocycles. The van der Waals surface area contributed by atoms with Crippen molar-refractivity contribution in [3.63, 3.8) is 0 Å². The molecule has 1 aromatic carbocycles. The maximum atomic E-state index is 13.0. The van der Waals surface area contributed by atoms with Gasteiger partial charge in [0.1, 0.15) is 56.1 Å². The van der Waals surface area contributed by atoms with Crippen LogP contribution in [0, 0.1) is 0 Å². The van der Waals surface area contributed by atoms with Crippen LogP contribution in [-0.4, -0.2) is 125 Å². The van der Waals surface area contributed by atoms with Crippen LogP contribution in [0.3, 0.4) is 0 Å². The molecule has 2 aliphatic rings. The Bertz CT molecular complexity index is 1280. The number of hydrogen-bond donors (Lipinski definition) is 4. The van der Waals surface area contributed by atoms with E-state index in [0.717, 1.165) is 33.8 Å². The monoisotopic (exact) mass is 656 g/mol. The van der Waals surface area contributed by atoms with Crippen LogP contribution < -0.4 is 0 Å². The van der Waals surface area contributed by atoms with Gasteiger partial charge in [0, 0.05) is 33.8 Å². The number of benzene rings is 1. The molecule has 46 heavy (non-hydrogen) atoms. The third-order valence-corrected chi connectivity index (χ3v) is 6.66. The Labute approximate surface area is 262 Å². The first-order chi connectivity index (χ1) is 21.6. The number of carbonyl (C=O) groups excluding carboxylic acids is 5. The summed E-state index contributed by atoms with van der Waals surface area (Å²) in [5.74, 6) is -6.87. The molecule has 2 heterocycles. The summed E-state index contributed by atoms with van der Waals surface area (Å²) in [7, 11) is 0. The van der Waals surface area contributed by atoms with Gasteiger partial charge in [-0.05, 0) is 23.8 Å². The average molecular weight is 657 g/mol. The summed E-state index contributed by atoms with van der Waals surface area (Å²) >= 11 is 0. The van der Waals surface area contributed by atoms with Gasteiger partial charge in [-0.15, -0.1) is 0 Å². The molecule has 0 unspecified atom stereocenters. The van der Waals surface area contributed by atoms with Gasteiger partial charge in [0.15, 0.2) is 12.2 Å². The van der Waals surface area contributed by atoms with E-state index < -0.39 is 104 Å². The predicted octanol–water partition coefficient (Wildman–Crippen LogP) is -1.14. The van der Waals surface area contributed by atoms with Gasteiger partial charge in [0.05, 0.1) is 0 Å². The second-order valence-electron chi connectivity index (χ2n) is 10.3. The molecule has 2 saturated heterocycles. The lowest BCUT2D eigenvalue weighted by Gasteiger charge is -2.44. The van der Waals surface area contributed by atoms with E-state index in [1.165, 1.54) is 30.3 Å². The number of hydrogen-bond acceptors (Lipinski definition) is 17. The molecular formula is C29H36O17. The van der Waals surface area contributed by atoms with Gasteiger partial charge in [-0.2, -0.15) is 0 Å². The number of rotatable bonds is 12. The number of aliphatic hydroxyl groups is 3. The Morgan fingerprint density at radius 1 is 0.783 bits per heavy atom. The first-order valence-corrected chi connectivity index (χ1v) is 13.9. The zero-order valence-corrected chi connectivity index (χ0v) is 25.3. The van der Waals surface area contributed by atoms with Crippen molar-refractivity contribution in [2.24, 2.45) is 0 Å². The second kappa shape index (κ2) is 15.9. The minimum absolute atomic E-state index is 0.0121. The molecule has 17 nitrogen and oxygen atoms in total. The highest BCUT2D eigenvalue weighted by molar-refractivity contribution is 5.87. The van der Waals surface area contributed by atoms with Gasteiger partial charge in [-0.1, -0.05) is 12.1 Å². The highest BCUT2D eigenvalue weighted by Crippen LogP contribution is 2.39. The number of ether oxygens (including phenoxy) is 8. The quantitative estimate of drug-likeness (QED) is 0.118. The number of carbonyl (C=O) groups is 5. The average Bonchev–Trinajstić information content (AvgIpc) is 3.23. The second-order valence-corrected chi connectivity index (χ2v) is 10.3. The number of phenolic OH excluding ortho intramolecular Hbond substituents is 1. The minimum Gasteiger partial charge on any atom is -0.508 e. The number of phenols is 1. The minimum atomic E-state index is -2.48. The third-order valence-electron chi connectivity index (χ3n) is 6.66. The summed E-state index contributed by atoms with van der Waals surface area (Å²) in [6.45, 7) is 2.13. The number of aliphatic hydroxyl groups excluding tert-OH is 3. The van der Waals surface area contributed by atoms with Crippen LogP contribution in [0.1, 0.15) is 33.3 Å². The molecule has 2 aliphatic heterocycles. The van der Waals surface area contributed by atoms with Crippen molar-refractivity contribution in [2.75, 3.05) is 19.8 Å². The van der Waals surface area contributed by atoms with Crippen LogP contribution in [-0.2, 0) is 61.9 Å². The van der Waals surface area contributed by atoms with Crippen molar-refractivity contribution in [3.8, 4) is 5.75 Å². The predicted molar refractivity (Wildman–Crippen MR) is 148 cm³/mol. The molecule has 0 spiro atoms. The third kappa shape index (κ3) is 9.68. The van der Waals surface area contributed by atoms with Crippen molar-refractivity contribution in [1.82, 2.24) is 0 Å². The van der Waals surface area contributed by atoms with E-state index in [0.29, 0.717) is 5.56 Å². The molecule has 1 aromatic rings. The van der Waals surface area contributed by atoms with Gasteiger partial charge in [0.25, 0.3) is 0 Å². The van der Waals surface area contributed by atoms with E-state index >= 15 is 0 Å². The molecule has 0 aliphatic carbocycles. The fourth-order valence-electron chi connectivity index (χ4n) is 4.55. The zero-order chi connectivity index (χ0) is 34.2. The Kier molecular flexibility index (Phi) is 12.6. The Morgan fingerprint density at radius 2 is 1.37 bits per heavy atom. The van der Waals surface area contributed by atoms with E-state index in [2.05, 4.69) is 0 Å². The molecular weight excluding hydrogens is 620 g/mol. The van der Waals surface area contributed by atoms with E-state index in [1.54, 1.807) is 0 Å². The van der Waals surface area contributed by atoms with Gasteiger partial charge >= 0.3 is 29.8 Å². The zero-order valence-electron chi connectivity index (χ0n) is 25.3. The molecule has 9 atom stereocenters. The van der Waals surface area contributed by atoms with Crippen molar-refractivity contribution in [1.29, 1.82) is 0 Å². The standard InChI is InChI=1S/C29H36O17/c1-14(30)39-11-20-23(36)25(38)26(42-17(4)33)28(43-20)46-29(13-41-16(3)32)27(24(37)21(45-29)12-40-15(2)31)44-22(35)10-7-18-5-8-19(34)9-6-18/h5-10,20-21,23-28,34,36-38H,11-13H2,1-4H3/b10-7+/t20-,21-,23-,24-,25+,26-,27+,28-,29+/m1/s1. The summed E-state index contributed by atoms with van der Waals surface area (Å²) in [5.41, 5.74) is 0.485. The first kappa shape index (κ1) is 36.3. The smallest absolute Gasteiger partial charge is 0.331 e. The summed E-state index contributed by atoms with van der Waals surface area (Å²) in [6.07, 6.45) is -11.6. The van der Waals surface area contributed by atoms with Crippen molar-refractivity contribution >= 4 is 35.9 Å². The number of aromatic hydroxyl groups is 1.